The molecule has 1 aliphatic rings. The molecule has 1 aliphatic carbocycles. The van der Waals surface area contributed by atoms with E-state index in [4.69, 9.17) is 0 Å². The molecule has 0 saturated heterocycles. The summed E-state index contributed by atoms with van der Waals surface area (Å²) in [5, 5.41) is 4.28. The summed E-state index contributed by atoms with van der Waals surface area (Å²) in [6.45, 7) is 5.57. The number of thioether (sulfide) groups is 1. The topological polar surface area (TPSA) is 12.0 Å². The zero-order valence-electron chi connectivity index (χ0n) is 13.3. The fraction of sp³-hybridized carbons (Fsp3) is 0.667. The van der Waals surface area contributed by atoms with Crippen molar-refractivity contribution >= 4 is 11.8 Å². The third-order valence-electron chi connectivity index (χ3n) is 4.34. The molecule has 1 saturated carbocycles. The van der Waals surface area contributed by atoms with Crippen LogP contribution >= 0.6 is 11.8 Å². The number of hydrogen-bond donors (Lipinski definition) is 1. The van der Waals surface area contributed by atoms with Crippen molar-refractivity contribution in [1.82, 2.24) is 5.32 Å². The molecule has 1 nitrogen and oxygen atoms in total. The van der Waals surface area contributed by atoms with E-state index >= 15 is 0 Å². The lowest BCUT2D eigenvalue weighted by Crippen LogP contribution is -2.42. The van der Waals surface area contributed by atoms with Crippen LogP contribution in [0.1, 0.15) is 52.4 Å². The van der Waals surface area contributed by atoms with E-state index in [2.05, 4.69) is 19.2 Å². The molecular formula is C18H28FNS. The first kappa shape index (κ1) is 16.8. The Bertz CT molecular complexity index is 423. The van der Waals surface area contributed by atoms with Crippen LogP contribution in [0.4, 0.5) is 4.39 Å². The minimum absolute atomic E-state index is 0.126. The molecule has 3 atom stereocenters. The van der Waals surface area contributed by atoms with E-state index < -0.39 is 0 Å². The molecule has 0 aromatic heterocycles. The van der Waals surface area contributed by atoms with E-state index in [0.717, 1.165) is 17.4 Å². The predicted molar refractivity (Wildman–Crippen MR) is 90.4 cm³/mol. The van der Waals surface area contributed by atoms with Gasteiger partial charge in [0.2, 0.25) is 0 Å². The van der Waals surface area contributed by atoms with Crippen molar-refractivity contribution in [3.8, 4) is 0 Å². The third-order valence-corrected chi connectivity index (χ3v) is 5.69. The van der Waals surface area contributed by atoms with Gasteiger partial charge < -0.3 is 5.32 Å². The first-order chi connectivity index (χ1) is 10.2. The molecule has 1 aromatic rings. The monoisotopic (exact) mass is 309 g/mol. The molecule has 1 aromatic carbocycles. The fourth-order valence-electron chi connectivity index (χ4n) is 3.29. The van der Waals surface area contributed by atoms with Crippen molar-refractivity contribution in [2.75, 3.05) is 6.54 Å². The van der Waals surface area contributed by atoms with Crippen molar-refractivity contribution in [2.45, 2.75) is 68.6 Å². The molecule has 1 fully saturated rings. The molecular weight excluding hydrogens is 281 g/mol. The molecule has 0 bridgehead atoms. The van der Waals surface area contributed by atoms with Gasteiger partial charge >= 0.3 is 0 Å². The molecule has 118 valence electrons. The Kier molecular flexibility index (Phi) is 7.05. The van der Waals surface area contributed by atoms with Crippen LogP contribution in [0.3, 0.4) is 0 Å². The first-order valence-corrected chi connectivity index (χ1v) is 9.26. The zero-order chi connectivity index (χ0) is 15.1. The summed E-state index contributed by atoms with van der Waals surface area (Å²) in [4.78, 5) is 1.07. The Balaban J connectivity index is 2.01. The Morgan fingerprint density at radius 1 is 1.24 bits per heavy atom. The fourth-order valence-corrected chi connectivity index (χ4v) is 4.74. The van der Waals surface area contributed by atoms with E-state index in [-0.39, 0.29) is 5.82 Å². The van der Waals surface area contributed by atoms with E-state index in [9.17, 15) is 4.39 Å². The van der Waals surface area contributed by atoms with Gasteiger partial charge in [0.05, 0.1) is 0 Å². The van der Waals surface area contributed by atoms with Crippen molar-refractivity contribution in [2.24, 2.45) is 5.92 Å². The van der Waals surface area contributed by atoms with Crippen LogP contribution in [0.2, 0.25) is 0 Å². The largest absolute Gasteiger partial charge is 0.313 e. The van der Waals surface area contributed by atoms with E-state index in [0.29, 0.717) is 11.3 Å². The minimum atomic E-state index is -0.126. The number of rotatable bonds is 7. The van der Waals surface area contributed by atoms with Gasteiger partial charge in [-0.3, -0.25) is 0 Å². The quantitative estimate of drug-likeness (QED) is 0.738. The second kappa shape index (κ2) is 8.79. The standard InChI is InChI=1S/C18H28FNS/c1-3-6-14-9-10-17(20-11-4-2)18(12-14)21-16-8-5-7-15(19)13-16/h5,7-8,13-14,17-18,20H,3-4,6,9-12H2,1-2H3. The summed E-state index contributed by atoms with van der Waals surface area (Å²) in [6.07, 6.45) is 7.64. The second-order valence-corrected chi connectivity index (χ2v) is 7.45. The zero-order valence-corrected chi connectivity index (χ0v) is 14.1. The molecule has 0 heterocycles. The summed E-state index contributed by atoms with van der Waals surface area (Å²) in [5.41, 5.74) is 0. The summed E-state index contributed by atoms with van der Waals surface area (Å²) in [6, 6.07) is 7.63. The molecule has 3 unspecified atom stereocenters. The number of nitrogens with one attached hydrogen (secondary N) is 1. The van der Waals surface area contributed by atoms with Gasteiger partial charge in [0.15, 0.2) is 0 Å². The number of benzene rings is 1. The maximum absolute atomic E-state index is 13.4. The summed E-state index contributed by atoms with van der Waals surface area (Å²) in [5.74, 6) is 0.722. The Morgan fingerprint density at radius 3 is 2.81 bits per heavy atom. The average Bonchev–Trinajstić information content (AvgIpc) is 2.47. The molecule has 3 heteroatoms. The molecule has 0 amide bonds. The van der Waals surface area contributed by atoms with Crippen LogP contribution in [-0.4, -0.2) is 17.8 Å². The molecule has 21 heavy (non-hydrogen) atoms. The Morgan fingerprint density at radius 2 is 2.10 bits per heavy atom. The molecule has 0 spiro atoms. The lowest BCUT2D eigenvalue weighted by atomic mass is 9.83. The summed E-state index contributed by atoms with van der Waals surface area (Å²) >= 11 is 1.86. The molecule has 0 radical (unpaired) electrons. The highest BCUT2D eigenvalue weighted by molar-refractivity contribution is 8.00. The van der Waals surface area contributed by atoms with Crippen molar-refractivity contribution in [3.05, 3.63) is 30.1 Å². The predicted octanol–water partition coefficient (Wildman–Crippen LogP) is 5.25. The van der Waals surface area contributed by atoms with Gasteiger partial charge in [-0.2, -0.15) is 0 Å². The van der Waals surface area contributed by atoms with Crippen LogP contribution in [0.15, 0.2) is 29.2 Å². The van der Waals surface area contributed by atoms with E-state index in [1.54, 1.807) is 6.07 Å². The Labute approximate surface area is 133 Å². The SMILES string of the molecule is CCCNC1CCC(CCC)CC1Sc1cccc(F)c1. The van der Waals surface area contributed by atoms with Crippen LogP contribution in [-0.2, 0) is 0 Å². The lowest BCUT2D eigenvalue weighted by molar-refractivity contribution is 0.287. The maximum atomic E-state index is 13.4. The summed E-state index contributed by atoms with van der Waals surface area (Å²) < 4.78 is 13.4. The highest BCUT2D eigenvalue weighted by atomic mass is 32.2. The van der Waals surface area contributed by atoms with Gasteiger partial charge in [0, 0.05) is 16.2 Å². The normalized spacial score (nSPS) is 26.0. The smallest absolute Gasteiger partial charge is 0.124 e. The van der Waals surface area contributed by atoms with Crippen molar-refractivity contribution in [3.63, 3.8) is 0 Å². The van der Waals surface area contributed by atoms with Gasteiger partial charge in [-0.25, -0.2) is 4.39 Å². The van der Waals surface area contributed by atoms with Crippen LogP contribution in [0, 0.1) is 11.7 Å². The average molecular weight is 309 g/mol. The minimum Gasteiger partial charge on any atom is -0.313 e. The maximum Gasteiger partial charge on any atom is 0.124 e. The molecule has 1 N–H and O–H groups in total. The third kappa shape index (κ3) is 5.30. The lowest BCUT2D eigenvalue weighted by Gasteiger charge is -2.36. The van der Waals surface area contributed by atoms with Crippen LogP contribution in [0.25, 0.3) is 0 Å². The van der Waals surface area contributed by atoms with Crippen LogP contribution < -0.4 is 5.32 Å². The molecule has 2 rings (SSSR count). The highest BCUT2D eigenvalue weighted by Crippen LogP contribution is 2.38. The van der Waals surface area contributed by atoms with Gasteiger partial charge in [-0.15, -0.1) is 11.8 Å². The Hall–Kier alpha value is -0.540. The van der Waals surface area contributed by atoms with E-state index in [1.807, 2.05) is 23.9 Å². The molecule has 0 aliphatic heterocycles. The van der Waals surface area contributed by atoms with Gasteiger partial charge in [0.25, 0.3) is 0 Å². The van der Waals surface area contributed by atoms with Gasteiger partial charge in [0.1, 0.15) is 5.82 Å². The van der Waals surface area contributed by atoms with Crippen molar-refractivity contribution in [1.29, 1.82) is 0 Å². The number of halogens is 1. The summed E-state index contributed by atoms with van der Waals surface area (Å²) in [7, 11) is 0. The second-order valence-electron chi connectivity index (χ2n) is 6.14. The van der Waals surface area contributed by atoms with E-state index in [1.165, 1.54) is 44.6 Å². The van der Waals surface area contributed by atoms with Gasteiger partial charge in [-0.1, -0.05) is 32.8 Å². The highest BCUT2D eigenvalue weighted by Gasteiger charge is 2.30. The van der Waals surface area contributed by atoms with Crippen molar-refractivity contribution < 1.29 is 4.39 Å². The number of hydrogen-bond acceptors (Lipinski definition) is 2. The van der Waals surface area contributed by atoms with Gasteiger partial charge in [-0.05, 0) is 56.3 Å². The van der Waals surface area contributed by atoms with Crippen LogP contribution in [0.5, 0.6) is 0 Å². The first-order valence-electron chi connectivity index (χ1n) is 8.38.